The minimum absolute atomic E-state index is 0. The zero-order valence-corrected chi connectivity index (χ0v) is 26.7. The summed E-state index contributed by atoms with van der Waals surface area (Å²) in [5, 5.41) is 19.0. The maximum Gasteiger partial charge on any atom is 1.00 e. The number of aliphatic hydroxyl groups is 1. The van der Waals surface area contributed by atoms with E-state index < -0.39 is 66.2 Å². The van der Waals surface area contributed by atoms with Gasteiger partial charge in [0.15, 0.2) is 18.3 Å². The van der Waals surface area contributed by atoms with Crippen molar-refractivity contribution >= 4 is 59.0 Å². The first-order valence-electron chi connectivity index (χ1n) is 15.9. The lowest BCUT2D eigenvalue weighted by Crippen LogP contribution is -2.44. The molecule has 18 atom stereocenters. The van der Waals surface area contributed by atoms with Gasteiger partial charge in [-0.2, -0.15) is 0 Å². The highest BCUT2D eigenvalue weighted by Crippen LogP contribution is 2.49. The van der Waals surface area contributed by atoms with Gasteiger partial charge in [-0.15, -0.1) is 23.2 Å². The first kappa shape index (κ1) is 33.0. The highest BCUT2D eigenvalue weighted by Gasteiger charge is 2.66. The summed E-state index contributed by atoms with van der Waals surface area (Å²) in [7, 11) is 0. The molecule has 18 heteroatoms. The number of alkyl halides is 2. The summed E-state index contributed by atoms with van der Waals surface area (Å²) in [5.41, 5.74) is 0. The van der Waals surface area contributed by atoms with Crippen LogP contribution >= 0.6 is 23.2 Å². The monoisotopic (exact) mass is 729 g/mol. The Hall–Kier alpha value is -3.12. The molecular weight excluding hydrogens is 699 g/mol. The lowest BCUT2D eigenvalue weighted by atomic mass is 9.83. The molecule has 0 aromatic rings. The topological polar surface area (TPSA) is 217 Å². The first-order chi connectivity index (χ1) is 23.5. The van der Waals surface area contributed by atoms with Crippen LogP contribution in [0.25, 0.3) is 0 Å². The number of cyclic esters (lactones) is 2. The Bertz CT molecular complexity index is 1510. The van der Waals surface area contributed by atoms with Crippen molar-refractivity contribution < 1.29 is 78.3 Å². The number of carbonyl (C=O) groups excluding carboxylic acids is 5. The Kier molecular flexibility index (Phi) is 8.28. The van der Waals surface area contributed by atoms with Crippen molar-refractivity contribution in [3.8, 4) is 0 Å². The smallest absolute Gasteiger partial charge is 0.481 e. The molecule has 11 rings (SSSR count). The van der Waals surface area contributed by atoms with Gasteiger partial charge >= 0.3 is 37.2 Å². The molecule has 11 aliphatic rings. The highest BCUT2D eigenvalue weighted by atomic mass is 35.5. The number of carboxylic acids is 1. The second-order valence-electron chi connectivity index (χ2n) is 13.3. The van der Waals surface area contributed by atoms with Crippen molar-refractivity contribution in [3.63, 3.8) is 0 Å². The summed E-state index contributed by atoms with van der Waals surface area (Å²) >= 11 is 9.53. The van der Waals surface area contributed by atoms with Crippen LogP contribution in [0.3, 0.4) is 0 Å². The van der Waals surface area contributed by atoms with Gasteiger partial charge in [0.1, 0.15) is 42.0 Å². The molecule has 0 saturated carbocycles. The number of halogens is 2. The Morgan fingerprint density at radius 3 is 1.78 bits per heavy atom. The van der Waals surface area contributed by atoms with Crippen molar-refractivity contribution in [2.45, 2.75) is 86.1 Å². The average molecular weight is 730 g/mol. The molecule has 0 spiro atoms. The molecular formula is C31H31Cl2O16+. The molecule has 264 valence electrons. The molecule has 2 N–H and O–H groups in total. The number of hydrogen-bond donors (Lipinski definition) is 2. The number of hydrogen-bond acceptors (Lipinski definition) is 15. The number of carbonyl (C=O) groups is 6. The van der Waals surface area contributed by atoms with E-state index in [-0.39, 0.29) is 85.1 Å². The second-order valence-corrected chi connectivity index (χ2v) is 14.1. The summed E-state index contributed by atoms with van der Waals surface area (Å²) in [6, 6.07) is 0. The van der Waals surface area contributed by atoms with E-state index in [2.05, 4.69) is 4.74 Å². The van der Waals surface area contributed by atoms with Gasteiger partial charge in [-0.1, -0.05) is 24.3 Å². The average Bonchev–Trinajstić information content (AvgIpc) is 3.91. The Morgan fingerprint density at radius 2 is 1.20 bits per heavy atom. The van der Waals surface area contributed by atoms with Gasteiger partial charge in [-0.3, -0.25) is 28.8 Å². The van der Waals surface area contributed by atoms with Crippen LogP contribution in [-0.4, -0.2) is 125 Å². The third kappa shape index (κ3) is 5.13. The summed E-state index contributed by atoms with van der Waals surface area (Å²) in [6.07, 6.45) is 3.31. The van der Waals surface area contributed by atoms with E-state index in [1.165, 1.54) is 0 Å². The van der Waals surface area contributed by atoms with Crippen LogP contribution in [0.5, 0.6) is 0 Å². The fourth-order valence-electron chi connectivity index (χ4n) is 8.84. The predicted molar refractivity (Wildman–Crippen MR) is 155 cm³/mol. The van der Waals surface area contributed by atoms with Crippen LogP contribution in [-0.2, 0) is 66.7 Å². The fourth-order valence-corrected chi connectivity index (χ4v) is 8.84. The number of aliphatic carboxylic acids is 1. The van der Waals surface area contributed by atoms with Gasteiger partial charge < -0.3 is 48.1 Å². The van der Waals surface area contributed by atoms with E-state index in [4.69, 9.17) is 56.4 Å². The molecule has 9 saturated heterocycles. The van der Waals surface area contributed by atoms with Gasteiger partial charge in [0.2, 0.25) is 0 Å². The van der Waals surface area contributed by atoms with Crippen LogP contribution in [0.1, 0.15) is 14.3 Å². The Morgan fingerprint density at radius 1 is 0.714 bits per heavy atom. The van der Waals surface area contributed by atoms with Gasteiger partial charge in [0, 0.05) is 0 Å². The number of fused-ring (bicyclic) bond motifs is 9. The van der Waals surface area contributed by atoms with E-state index in [1.807, 2.05) is 12.2 Å². The van der Waals surface area contributed by atoms with Crippen molar-refractivity contribution in [1.82, 2.24) is 0 Å². The molecule has 49 heavy (non-hydrogen) atoms. The molecule has 18 unspecified atom stereocenters. The quantitative estimate of drug-likeness (QED) is 0.123. The van der Waals surface area contributed by atoms with E-state index in [1.54, 1.807) is 12.2 Å². The molecule has 9 fully saturated rings. The Balaban J connectivity index is 0.000000122. The fraction of sp³-hybridized carbons (Fsp3) is 0.677. The predicted octanol–water partition coefficient (Wildman–Crippen LogP) is -0.501. The number of ether oxygens (including phenoxy) is 8. The summed E-state index contributed by atoms with van der Waals surface area (Å²) in [5.74, 6) is -5.99. The highest BCUT2D eigenvalue weighted by molar-refractivity contribution is 6.40. The zero-order chi connectivity index (χ0) is 34.5. The van der Waals surface area contributed by atoms with E-state index >= 15 is 0 Å². The number of aliphatic hydroxyl groups excluding tert-OH is 1. The van der Waals surface area contributed by atoms with Crippen LogP contribution in [0.15, 0.2) is 24.3 Å². The molecule has 0 radical (unpaired) electrons. The number of rotatable bonds is 3. The number of esters is 5. The van der Waals surface area contributed by atoms with Crippen LogP contribution in [0.2, 0.25) is 0 Å². The molecule has 0 amide bonds. The first-order valence-corrected chi connectivity index (χ1v) is 17.0. The third-order valence-electron chi connectivity index (χ3n) is 10.9. The van der Waals surface area contributed by atoms with Gasteiger partial charge in [0.25, 0.3) is 0 Å². The molecule has 16 nitrogen and oxygen atoms in total. The zero-order valence-electron chi connectivity index (χ0n) is 26.2. The number of carboxylic acid groups (broad SMARTS) is 1. The van der Waals surface area contributed by atoms with Crippen molar-refractivity contribution in [2.24, 2.45) is 35.5 Å². The maximum absolute atomic E-state index is 12.5. The standard InChI is InChI=1S/C15H14O8.C8H6O4.C7H8O4.CH2Cl2/c16-13(17)8-5-1-2-6(20-5)9(8)15(19)22-11-7-3-4-10(21-7)12(11)23-14(4)18;9-7-5-3-1-2-4(11-3)6(5)8(10)12-7;8-4-3-1-2-5(10-3)6(4)11-7(2)9;2-1-3/h1-2,4-12H,3H2,(H,16,17);1-6H;2-6,8H,1H2;1H2/p+1. The molecule has 0 aromatic heterocycles. The molecule has 0 aliphatic carbocycles. The van der Waals surface area contributed by atoms with E-state index in [0.717, 1.165) is 0 Å². The van der Waals surface area contributed by atoms with E-state index in [0.29, 0.717) is 12.8 Å². The second kappa shape index (κ2) is 12.3. The maximum atomic E-state index is 12.5. The SMILES string of the molecule is ClCCl.O=C1OC(=O)C2C3C=CC(O3)C12.O=C1OC2C(O)C3CC1C2O3.O=C1OC2C(OC(=O)C3C4C=CC(O4)C3C(=O)O)C3CC1C2O3.[H+]. The van der Waals surface area contributed by atoms with E-state index in [9.17, 15) is 39.0 Å². The van der Waals surface area contributed by atoms with Gasteiger partial charge in [-0.25, -0.2) is 0 Å². The summed E-state index contributed by atoms with van der Waals surface area (Å²) < 4.78 is 42.0. The summed E-state index contributed by atoms with van der Waals surface area (Å²) in [6.45, 7) is 0. The van der Waals surface area contributed by atoms with Gasteiger partial charge in [0.05, 0.1) is 53.8 Å². The minimum atomic E-state index is -1.08. The molecule has 8 bridgehead atoms. The molecule has 0 aromatic carbocycles. The van der Waals surface area contributed by atoms with Crippen LogP contribution in [0.4, 0.5) is 0 Å². The molecule has 11 heterocycles. The van der Waals surface area contributed by atoms with Crippen LogP contribution < -0.4 is 0 Å². The van der Waals surface area contributed by atoms with Crippen LogP contribution in [0, 0.1) is 35.5 Å². The third-order valence-corrected chi connectivity index (χ3v) is 10.9. The largest absolute Gasteiger partial charge is 1.00 e. The normalized spacial score (nSPS) is 49.4. The van der Waals surface area contributed by atoms with Crippen molar-refractivity contribution in [1.29, 1.82) is 0 Å². The van der Waals surface area contributed by atoms with Crippen molar-refractivity contribution in [3.05, 3.63) is 24.3 Å². The summed E-state index contributed by atoms with van der Waals surface area (Å²) in [4.78, 5) is 68.9. The molecule has 11 aliphatic heterocycles. The van der Waals surface area contributed by atoms with Gasteiger partial charge in [-0.05, 0) is 12.8 Å². The Labute approximate surface area is 288 Å². The minimum Gasteiger partial charge on any atom is -0.481 e. The van der Waals surface area contributed by atoms with Crippen molar-refractivity contribution in [2.75, 3.05) is 5.34 Å². The lowest BCUT2D eigenvalue weighted by Gasteiger charge is -2.26. The lowest BCUT2D eigenvalue weighted by molar-refractivity contribution is -0.168.